The zero-order valence-electron chi connectivity index (χ0n) is 12.4. The number of carbonyl (C=O) groups excluding carboxylic acids is 2. The molecule has 106 valence electrons. The summed E-state index contributed by atoms with van der Waals surface area (Å²) >= 11 is 0. The molecule has 0 aromatic carbocycles. The van der Waals surface area contributed by atoms with E-state index in [0.717, 1.165) is 19.4 Å². The minimum Gasteiger partial charge on any atom is -0.340 e. The molecule has 4 heteroatoms. The second kappa shape index (κ2) is 5.45. The molecule has 19 heavy (non-hydrogen) atoms. The number of rotatable bonds is 4. The number of carbonyl (C=O) groups is 2. The molecule has 3 atom stereocenters. The molecule has 0 spiro atoms. The number of hydrogen-bond acceptors (Lipinski definition) is 2. The molecule has 2 rings (SSSR count). The molecule has 2 aliphatic rings. The van der Waals surface area contributed by atoms with E-state index in [9.17, 15) is 9.59 Å². The quantitative estimate of drug-likeness (QED) is 0.579. The molecule has 1 aliphatic heterocycles. The van der Waals surface area contributed by atoms with E-state index in [1.807, 2.05) is 0 Å². The van der Waals surface area contributed by atoms with E-state index in [-0.39, 0.29) is 29.6 Å². The van der Waals surface area contributed by atoms with E-state index in [2.05, 4.69) is 34.0 Å². The molecule has 1 heterocycles. The van der Waals surface area contributed by atoms with Crippen LogP contribution in [-0.4, -0.2) is 43.9 Å². The molecule has 0 aromatic heterocycles. The Balaban J connectivity index is 2.06. The highest BCUT2D eigenvalue weighted by Crippen LogP contribution is 2.40. The Morgan fingerprint density at radius 2 is 2.00 bits per heavy atom. The normalized spacial score (nSPS) is 30.9. The first-order valence-electron chi connectivity index (χ1n) is 7.23. The van der Waals surface area contributed by atoms with Crippen LogP contribution in [0.5, 0.6) is 0 Å². The van der Waals surface area contributed by atoms with E-state index in [0.29, 0.717) is 6.54 Å². The molecule has 4 nitrogen and oxygen atoms in total. The molecule has 0 saturated carbocycles. The largest absolute Gasteiger partial charge is 0.340 e. The van der Waals surface area contributed by atoms with Gasteiger partial charge in [0.1, 0.15) is 0 Å². The van der Waals surface area contributed by atoms with Crippen LogP contribution >= 0.6 is 0 Å². The van der Waals surface area contributed by atoms with E-state index < -0.39 is 0 Å². The number of likely N-dealkylation sites (tertiary alicyclic amines) is 1. The van der Waals surface area contributed by atoms with Gasteiger partial charge in [0.2, 0.25) is 11.8 Å². The molecule has 0 unspecified atom stereocenters. The Bertz CT molecular complexity index is 414. The van der Waals surface area contributed by atoms with Gasteiger partial charge in [-0.15, -0.1) is 0 Å². The highest BCUT2D eigenvalue weighted by atomic mass is 16.2. The van der Waals surface area contributed by atoms with Gasteiger partial charge in [-0.05, 0) is 19.3 Å². The summed E-state index contributed by atoms with van der Waals surface area (Å²) in [5.41, 5.74) is 1.24. The van der Waals surface area contributed by atoms with Crippen molar-refractivity contribution in [3.63, 3.8) is 0 Å². The third-order valence-electron chi connectivity index (χ3n) is 4.28. The highest BCUT2D eigenvalue weighted by Gasteiger charge is 2.50. The molecular formula is C15H25N2O2+. The summed E-state index contributed by atoms with van der Waals surface area (Å²) in [6, 6.07) is 0. The summed E-state index contributed by atoms with van der Waals surface area (Å²) < 4.78 is 0. The fourth-order valence-electron chi connectivity index (χ4n) is 3.40. The standard InChI is InChI=1S/C15H24N2O2/c1-10-8-11(2)13-12(9-10)14(18)17(15(13)19)7-5-6-16(3)4/h8,11-13H,5-7,9H2,1-4H3/p+1/t11-,12+,13-/m1/s1. The van der Waals surface area contributed by atoms with Gasteiger partial charge >= 0.3 is 0 Å². The average Bonchev–Trinajstić information content (AvgIpc) is 2.53. The molecule has 1 aliphatic carbocycles. The lowest BCUT2D eigenvalue weighted by atomic mass is 9.76. The van der Waals surface area contributed by atoms with Crippen molar-refractivity contribution in [2.24, 2.45) is 17.8 Å². The van der Waals surface area contributed by atoms with Crippen LogP contribution in [0.2, 0.25) is 0 Å². The minimum atomic E-state index is -0.108. The smallest absolute Gasteiger partial charge is 0.233 e. The van der Waals surface area contributed by atoms with Crippen LogP contribution in [0.25, 0.3) is 0 Å². The fourth-order valence-corrected chi connectivity index (χ4v) is 3.40. The van der Waals surface area contributed by atoms with Gasteiger partial charge < -0.3 is 4.90 Å². The Hall–Kier alpha value is -1.16. The average molecular weight is 265 g/mol. The number of fused-ring (bicyclic) bond motifs is 1. The van der Waals surface area contributed by atoms with Crippen molar-refractivity contribution in [3.8, 4) is 0 Å². The lowest BCUT2D eigenvalue weighted by molar-refractivity contribution is -0.858. The second-order valence-corrected chi connectivity index (χ2v) is 6.35. The Morgan fingerprint density at radius 3 is 2.63 bits per heavy atom. The molecule has 0 bridgehead atoms. The van der Waals surface area contributed by atoms with Gasteiger partial charge in [0.15, 0.2) is 0 Å². The minimum absolute atomic E-state index is 0.0556. The van der Waals surface area contributed by atoms with Gasteiger partial charge in [-0.2, -0.15) is 0 Å². The maximum Gasteiger partial charge on any atom is 0.233 e. The summed E-state index contributed by atoms with van der Waals surface area (Å²) in [5.74, 6) is 0.102. The van der Waals surface area contributed by atoms with Gasteiger partial charge in [0.05, 0.1) is 32.5 Å². The fraction of sp³-hybridized carbons (Fsp3) is 0.733. The maximum absolute atomic E-state index is 12.4. The van der Waals surface area contributed by atoms with Crippen molar-refractivity contribution in [2.75, 3.05) is 27.2 Å². The zero-order chi connectivity index (χ0) is 14.2. The first-order chi connectivity index (χ1) is 8.91. The number of hydrogen-bond donors (Lipinski definition) is 1. The van der Waals surface area contributed by atoms with Crippen LogP contribution in [0, 0.1) is 17.8 Å². The van der Waals surface area contributed by atoms with Crippen molar-refractivity contribution in [2.45, 2.75) is 26.7 Å². The van der Waals surface area contributed by atoms with E-state index in [4.69, 9.17) is 0 Å². The molecule has 1 N–H and O–H groups in total. The summed E-state index contributed by atoms with van der Waals surface area (Å²) in [6.07, 6.45) is 3.80. The van der Waals surface area contributed by atoms with Crippen molar-refractivity contribution in [1.29, 1.82) is 0 Å². The summed E-state index contributed by atoms with van der Waals surface area (Å²) in [5, 5.41) is 0. The van der Waals surface area contributed by atoms with Gasteiger partial charge in [0, 0.05) is 13.0 Å². The van der Waals surface area contributed by atoms with Crippen molar-refractivity contribution < 1.29 is 14.5 Å². The van der Waals surface area contributed by atoms with Crippen molar-refractivity contribution >= 4 is 11.8 Å². The summed E-state index contributed by atoms with van der Waals surface area (Å²) in [7, 11) is 4.17. The lowest BCUT2D eigenvalue weighted by Gasteiger charge is -2.25. The molecule has 1 fully saturated rings. The highest BCUT2D eigenvalue weighted by molar-refractivity contribution is 6.05. The van der Waals surface area contributed by atoms with Crippen molar-refractivity contribution in [3.05, 3.63) is 11.6 Å². The van der Waals surface area contributed by atoms with Crippen LogP contribution in [0.4, 0.5) is 0 Å². The van der Waals surface area contributed by atoms with Gasteiger partial charge in [-0.3, -0.25) is 14.5 Å². The summed E-state index contributed by atoms with van der Waals surface area (Å²) in [4.78, 5) is 27.7. The van der Waals surface area contributed by atoms with Gasteiger partial charge in [0.25, 0.3) is 0 Å². The number of quaternary nitrogens is 1. The third-order valence-corrected chi connectivity index (χ3v) is 4.28. The molecule has 0 aromatic rings. The Kier molecular flexibility index (Phi) is 4.09. The molecular weight excluding hydrogens is 240 g/mol. The molecule has 2 amide bonds. The SMILES string of the molecule is CC1=C[C@@H](C)[C@H]2C(=O)N(CCC[NH+](C)C)C(=O)[C@H]2C1. The van der Waals surface area contributed by atoms with Crippen LogP contribution in [-0.2, 0) is 9.59 Å². The number of nitrogens with one attached hydrogen (secondary N) is 1. The first-order valence-corrected chi connectivity index (χ1v) is 7.23. The number of nitrogens with zero attached hydrogens (tertiary/aromatic N) is 1. The van der Waals surface area contributed by atoms with Crippen LogP contribution in [0.15, 0.2) is 11.6 Å². The van der Waals surface area contributed by atoms with E-state index in [1.165, 1.54) is 15.4 Å². The van der Waals surface area contributed by atoms with Gasteiger partial charge in [-0.25, -0.2) is 0 Å². The monoisotopic (exact) mass is 265 g/mol. The predicted molar refractivity (Wildman–Crippen MR) is 73.5 cm³/mol. The second-order valence-electron chi connectivity index (χ2n) is 6.35. The third kappa shape index (κ3) is 2.73. The molecule has 0 radical (unpaired) electrons. The summed E-state index contributed by atoms with van der Waals surface area (Å²) in [6.45, 7) is 5.68. The van der Waals surface area contributed by atoms with E-state index >= 15 is 0 Å². The Labute approximate surface area is 115 Å². The van der Waals surface area contributed by atoms with Gasteiger partial charge in [-0.1, -0.05) is 18.6 Å². The topological polar surface area (TPSA) is 41.8 Å². The van der Waals surface area contributed by atoms with Crippen molar-refractivity contribution in [1.82, 2.24) is 4.90 Å². The molecule has 1 saturated heterocycles. The zero-order valence-corrected chi connectivity index (χ0v) is 12.4. The Morgan fingerprint density at radius 1 is 1.32 bits per heavy atom. The maximum atomic E-state index is 12.4. The predicted octanol–water partition coefficient (Wildman–Crippen LogP) is 0.108. The van der Waals surface area contributed by atoms with Crippen LogP contribution in [0.1, 0.15) is 26.7 Å². The first kappa shape index (κ1) is 14.3. The lowest BCUT2D eigenvalue weighted by Crippen LogP contribution is -3.05. The number of amides is 2. The van der Waals surface area contributed by atoms with Crippen LogP contribution < -0.4 is 4.90 Å². The van der Waals surface area contributed by atoms with Crippen LogP contribution in [0.3, 0.4) is 0 Å². The number of allylic oxidation sites excluding steroid dienone is 2. The number of imide groups is 1. The van der Waals surface area contributed by atoms with E-state index in [1.54, 1.807) is 0 Å².